The summed E-state index contributed by atoms with van der Waals surface area (Å²) in [5.74, 6) is 3.15. The van der Waals surface area contributed by atoms with Crippen LogP contribution in [0.1, 0.15) is 46.3 Å². The van der Waals surface area contributed by atoms with Gasteiger partial charge in [0.15, 0.2) is 17.5 Å². The number of rotatable bonds is 6. The Balaban J connectivity index is 1.04. The second kappa shape index (κ2) is 13.8. The van der Waals surface area contributed by atoms with Crippen LogP contribution in [-0.4, -0.2) is 21.1 Å². The Labute approximate surface area is 331 Å². The van der Waals surface area contributed by atoms with Gasteiger partial charge in [-0.25, -0.2) is 15.0 Å². The van der Waals surface area contributed by atoms with Crippen molar-refractivity contribution in [3.8, 4) is 28.5 Å². The van der Waals surface area contributed by atoms with Gasteiger partial charge in [-0.1, -0.05) is 170 Å². The van der Waals surface area contributed by atoms with Gasteiger partial charge in [-0.15, -0.1) is 0 Å². The van der Waals surface area contributed by atoms with E-state index in [9.17, 15) is 0 Å². The first kappa shape index (κ1) is 33.2. The Kier molecular flexibility index (Phi) is 8.06. The molecule has 1 aliphatic heterocycles. The van der Waals surface area contributed by atoms with Crippen molar-refractivity contribution < 1.29 is 4.74 Å². The van der Waals surface area contributed by atoms with E-state index >= 15 is 0 Å². The molecule has 7 aromatic carbocycles. The second-order valence-corrected chi connectivity index (χ2v) is 15.0. The number of benzene rings is 7. The quantitative estimate of drug-likeness (QED) is 0.160. The monoisotopic (exact) mass is 731 g/mol. The van der Waals surface area contributed by atoms with Crippen molar-refractivity contribution in [3.63, 3.8) is 0 Å². The van der Waals surface area contributed by atoms with Crippen molar-refractivity contribution in [2.45, 2.75) is 24.4 Å². The van der Waals surface area contributed by atoms with Crippen LogP contribution in [0.2, 0.25) is 0 Å². The van der Waals surface area contributed by atoms with Crippen molar-refractivity contribution in [2.75, 3.05) is 0 Å². The molecule has 0 spiro atoms. The normalized spacial score (nSPS) is 18.3. The molecule has 3 atom stereocenters. The third kappa shape index (κ3) is 5.98. The van der Waals surface area contributed by atoms with Crippen LogP contribution in [0.25, 0.3) is 61.0 Å². The zero-order chi connectivity index (χ0) is 37.7. The third-order valence-electron chi connectivity index (χ3n) is 11.6. The maximum Gasteiger partial charge on any atom is 0.164 e. The van der Waals surface area contributed by atoms with Gasteiger partial charge < -0.3 is 4.74 Å². The first-order valence-electron chi connectivity index (χ1n) is 19.7. The predicted octanol–water partition coefficient (Wildman–Crippen LogP) is 12.7. The van der Waals surface area contributed by atoms with E-state index in [0.717, 1.165) is 45.6 Å². The van der Waals surface area contributed by atoms with E-state index in [0.29, 0.717) is 23.4 Å². The van der Waals surface area contributed by atoms with Crippen LogP contribution in [0.15, 0.2) is 194 Å². The van der Waals surface area contributed by atoms with E-state index in [-0.39, 0.29) is 12.0 Å². The lowest BCUT2D eigenvalue weighted by Crippen LogP contribution is -2.22. The van der Waals surface area contributed by atoms with Gasteiger partial charge in [-0.3, -0.25) is 0 Å². The molecule has 0 amide bonds. The van der Waals surface area contributed by atoms with Crippen LogP contribution in [0.4, 0.5) is 0 Å². The maximum atomic E-state index is 6.75. The minimum atomic E-state index is -0.222. The van der Waals surface area contributed by atoms with Gasteiger partial charge in [0, 0.05) is 28.2 Å². The summed E-state index contributed by atoms with van der Waals surface area (Å²) < 4.78 is 6.75. The SMILES string of the molecule is C1=CC(c2ccccc2)CC=C1c1ccc(-c2nc(C3=CC(c4cc5ccccc5c5ccccc45)=CC4Oc5ccccc5C34)nc(-c3ccccc3)n2)cc1. The summed E-state index contributed by atoms with van der Waals surface area (Å²) in [6.07, 6.45) is 12.3. The van der Waals surface area contributed by atoms with Crippen molar-refractivity contribution in [2.24, 2.45) is 0 Å². The van der Waals surface area contributed by atoms with Crippen LogP contribution < -0.4 is 4.74 Å². The summed E-state index contributed by atoms with van der Waals surface area (Å²) in [5.41, 5.74) is 10.0. The number of hydrogen-bond donors (Lipinski definition) is 0. The van der Waals surface area contributed by atoms with E-state index in [4.69, 9.17) is 19.7 Å². The summed E-state index contributed by atoms with van der Waals surface area (Å²) in [4.78, 5) is 15.7. The molecule has 2 aliphatic carbocycles. The van der Waals surface area contributed by atoms with Crippen LogP contribution in [-0.2, 0) is 0 Å². The Bertz CT molecular complexity index is 2960. The van der Waals surface area contributed by atoms with E-state index < -0.39 is 0 Å². The molecule has 0 bridgehead atoms. The largest absolute Gasteiger partial charge is 0.485 e. The van der Waals surface area contributed by atoms with Gasteiger partial charge >= 0.3 is 0 Å². The number of aromatic nitrogens is 3. The number of ether oxygens (including phenoxy) is 1. The first-order chi connectivity index (χ1) is 28.2. The topological polar surface area (TPSA) is 47.9 Å². The minimum absolute atomic E-state index is 0.0809. The Morgan fingerprint density at radius 2 is 1.16 bits per heavy atom. The molecule has 11 rings (SSSR count). The predicted molar refractivity (Wildman–Crippen MR) is 233 cm³/mol. The molecular formula is C53H37N3O. The fourth-order valence-electron chi connectivity index (χ4n) is 8.80. The smallest absolute Gasteiger partial charge is 0.164 e. The van der Waals surface area contributed by atoms with Crippen molar-refractivity contribution in [3.05, 3.63) is 222 Å². The van der Waals surface area contributed by atoms with E-state index in [2.05, 4.69) is 170 Å². The summed E-state index contributed by atoms with van der Waals surface area (Å²) in [6.45, 7) is 0. The molecule has 3 aliphatic rings. The highest BCUT2D eigenvalue weighted by atomic mass is 16.5. The molecule has 3 unspecified atom stereocenters. The number of hydrogen-bond acceptors (Lipinski definition) is 4. The average molecular weight is 732 g/mol. The Morgan fingerprint density at radius 3 is 1.93 bits per heavy atom. The van der Waals surface area contributed by atoms with Gasteiger partial charge in [0.2, 0.25) is 0 Å². The average Bonchev–Trinajstić information content (AvgIpc) is 3.68. The summed E-state index contributed by atoms with van der Waals surface area (Å²) in [5, 5.41) is 4.87. The second-order valence-electron chi connectivity index (χ2n) is 15.0. The van der Waals surface area contributed by atoms with E-state index in [1.54, 1.807) is 0 Å². The summed E-state index contributed by atoms with van der Waals surface area (Å²) >= 11 is 0. The van der Waals surface area contributed by atoms with Crippen LogP contribution >= 0.6 is 0 Å². The fourth-order valence-corrected chi connectivity index (χ4v) is 8.80. The van der Waals surface area contributed by atoms with Gasteiger partial charge in [0.1, 0.15) is 11.9 Å². The van der Waals surface area contributed by atoms with Gasteiger partial charge in [0.25, 0.3) is 0 Å². The third-order valence-corrected chi connectivity index (χ3v) is 11.6. The molecule has 0 N–H and O–H groups in total. The van der Waals surface area contributed by atoms with E-state index in [1.165, 1.54) is 38.2 Å². The zero-order valence-electron chi connectivity index (χ0n) is 31.2. The fraction of sp³-hybridized carbons (Fsp3) is 0.0755. The van der Waals surface area contributed by atoms with Crippen molar-refractivity contribution >= 4 is 38.3 Å². The molecule has 0 saturated carbocycles. The molecule has 270 valence electrons. The number of nitrogens with zero attached hydrogens (tertiary/aromatic N) is 3. The van der Waals surface area contributed by atoms with E-state index in [1.807, 2.05) is 24.3 Å². The lowest BCUT2D eigenvalue weighted by molar-refractivity contribution is 0.272. The van der Waals surface area contributed by atoms with Crippen LogP contribution in [0.5, 0.6) is 5.75 Å². The van der Waals surface area contributed by atoms with Gasteiger partial charge in [0.05, 0.1) is 5.92 Å². The molecule has 57 heavy (non-hydrogen) atoms. The molecule has 4 heteroatoms. The molecule has 1 aromatic heterocycles. The minimum Gasteiger partial charge on any atom is -0.485 e. The summed E-state index contributed by atoms with van der Waals surface area (Å²) in [6, 6.07) is 57.6. The Hall–Kier alpha value is -7.17. The maximum absolute atomic E-state index is 6.75. The Morgan fingerprint density at radius 1 is 0.526 bits per heavy atom. The lowest BCUT2D eigenvalue weighted by Gasteiger charge is -2.26. The highest BCUT2D eigenvalue weighted by Crippen LogP contribution is 2.50. The highest BCUT2D eigenvalue weighted by Gasteiger charge is 2.40. The van der Waals surface area contributed by atoms with Crippen molar-refractivity contribution in [1.82, 2.24) is 15.0 Å². The number of allylic oxidation sites excluding steroid dienone is 6. The first-order valence-corrected chi connectivity index (χ1v) is 19.7. The standard InChI is InChI=1S/C53H37N3O/c1-3-13-34(14-4-1)35-23-25-36(26-24-35)37-27-29-39(30-28-37)52-54-51(38-15-5-2-6-16-38)55-53(56-52)47-32-41(33-49-50(47)45-21-11-12-22-48(45)57-49)46-31-40-17-7-8-18-42(40)43-19-9-10-20-44(43)46/h1-23,25-33,35,49-50H,24H2. The van der Waals surface area contributed by atoms with Crippen LogP contribution in [0.3, 0.4) is 0 Å². The molecular weight excluding hydrogens is 695 g/mol. The molecule has 0 radical (unpaired) electrons. The van der Waals surface area contributed by atoms with Crippen molar-refractivity contribution in [1.29, 1.82) is 0 Å². The highest BCUT2D eigenvalue weighted by molar-refractivity contribution is 6.13. The van der Waals surface area contributed by atoms with Gasteiger partial charge in [-0.05, 0) is 80.1 Å². The molecule has 0 saturated heterocycles. The lowest BCUT2D eigenvalue weighted by atomic mass is 9.80. The molecule has 4 nitrogen and oxygen atoms in total. The van der Waals surface area contributed by atoms with Gasteiger partial charge in [-0.2, -0.15) is 0 Å². The summed E-state index contributed by atoms with van der Waals surface area (Å²) in [7, 11) is 0. The molecule has 0 fully saturated rings. The molecule has 8 aromatic rings. The molecule has 2 heterocycles. The number of fused-ring (bicyclic) bond motifs is 6. The van der Waals surface area contributed by atoms with Crippen LogP contribution in [0, 0.1) is 0 Å². The number of para-hydroxylation sites is 1. The zero-order valence-corrected chi connectivity index (χ0v) is 31.2.